The Labute approximate surface area is 119 Å². The number of hydrogen-bond donors (Lipinski definition) is 2. The average Bonchev–Trinajstić information content (AvgIpc) is 2.89. The van der Waals surface area contributed by atoms with Gasteiger partial charge in [-0.25, -0.2) is 4.79 Å². The molecule has 1 rings (SSSR count). The molecule has 0 spiro atoms. The maximum Gasteiger partial charge on any atom is 0.317 e. The van der Waals surface area contributed by atoms with Crippen molar-refractivity contribution in [2.45, 2.75) is 25.4 Å². The van der Waals surface area contributed by atoms with Crippen LogP contribution < -0.4 is 5.32 Å². The molecule has 1 aliphatic rings. The molecule has 0 bridgehead atoms. The number of hydrogen-bond acceptors (Lipinski definition) is 4. The fourth-order valence-corrected chi connectivity index (χ4v) is 2.29. The van der Waals surface area contributed by atoms with Gasteiger partial charge in [-0.1, -0.05) is 0 Å². The van der Waals surface area contributed by atoms with Crippen LogP contribution in [0.1, 0.15) is 19.3 Å². The lowest BCUT2D eigenvalue weighted by Crippen LogP contribution is -2.43. The molecule has 0 aliphatic carbocycles. The number of nitrogens with one attached hydrogen (secondary N) is 1. The van der Waals surface area contributed by atoms with E-state index in [0.717, 1.165) is 6.42 Å². The number of amides is 2. The molecule has 0 aromatic carbocycles. The molecule has 0 radical (unpaired) electrons. The number of carboxylic acid groups (broad SMARTS) is 1. The van der Waals surface area contributed by atoms with Crippen LogP contribution in [-0.4, -0.2) is 68.6 Å². The summed E-state index contributed by atoms with van der Waals surface area (Å²) in [5.41, 5.74) is 0. The van der Waals surface area contributed by atoms with Crippen LogP contribution in [-0.2, 0) is 14.3 Å². The molecule has 0 saturated carbocycles. The van der Waals surface area contributed by atoms with Crippen molar-refractivity contribution in [1.29, 1.82) is 0 Å². The Morgan fingerprint density at radius 2 is 2.20 bits per heavy atom. The SMILES string of the molecule is COCC(CNC(=O)N1CCC(CCC(=O)O)C1)OC. The molecule has 1 fully saturated rings. The van der Waals surface area contributed by atoms with Gasteiger partial charge < -0.3 is 24.8 Å². The van der Waals surface area contributed by atoms with E-state index in [1.807, 2.05) is 0 Å². The molecule has 20 heavy (non-hydrogen) atoms. The summed E-state index contributed by atoms with van der Waals surface area (Å²) in [5.74, 6) is -0.496. The van der Waals surface area contributed by atoms with Gasteiger partial charge in [-0.15, -0.1) is 0 Å². The first-order valence-electron chi connectivity index (χ1n) is 6.83. The Hall–Kier alpha value is -1.34. The van der Waals surface area contributed by atoms with Crippen LogP contribution in [0.25, 0.3) is 0 Å². The van der Waals surface area contributed by atoms with E-state index in [9.17, 15) is 9.59 Å². The van der Waals surface area contributed by atoms with Gasteiger partial charge in [0.25, 0.3) is 0 Å². The van der Waals surface area contributed by atoms with Gasteiger partial charge in [0, 0.05) is 40.3 Å². The highest BCUT2D eigenvalue weighted by Crippen LogP contribution is 2.20. The third-order valence-electron chi connectivity index (χ3n) is 3.51. The second-order valence-corrected chi connectivity index (χ2v) is 5.03. The fourth-order valence-electron chi connectivity index (χ4n) is 2.29. The van der Waals surface area contributed by atoms with Gasteiger partial charge in [-0.05, 0) is 18.8 Å². The summed E-state index contributed by atoms with van der Waals surface area (Å²) >= 11 is 0. The molecule has 7 nitrogen and oxygen atoms in total. The predicted molar refractivity (Wildman–Crippen MR) is 72.6 cm³/mol. The van der Waals surface area contributed by atoms with Gasteiger partial charge in [0.05, 0.1) is 12.7 Å². The first kappa shape index (κ1) is 16.7. The highest BCUT2D eigenvalue weighted by atomic mass is 16.5. The molecule has 2 unspecified atom stereocenters. The number of ether oxygens (including phenoxy) is 2. The molecule has 0 aromatic heterocycles. The standard InChI is InChI=1S/C13H24N2O5/c1-19-9-11(20-2)7-14-13(18)15-6-5-10(8-15)3-4-12(16)17/h10-11H,3-9H2,1-2H3,(H,14,18)(H,16,17). The molecular formula is C13H24N2O5. The molecule has 116 valence electrons. The van der Waals surface area contributed by atoms with E-state index in [1.54, 1.807) is 19.1 Å². The van der Waals surface area contributed by atoms with Crippen molar-refractivity contribution in [2.75, 3.05) is 40.5 Å². The lowest BCUT2D eigenvalue weighted by atomic mass is 10.0. The van der Waals surface area contributed by atoms with Crippen molar-refractivity contribution in [1.82, 2.24) is 10.2 Å². The van der Waals surface area contributed by atoms with Gasteiger partial charge >= 0.3 is 12.0 Å². The van der Waals surface area contributed by atoms with E-state index in [0.29, 0.717) is 32.7 Å². The first-order valence-corrected chi connectivity index (χ1v) is 6.83. The largest absolute Gasteiger partial charge is 0.481 e. The Morgan fingerprint density at radius 1 is 1.45 bits per heavy atom. The summed E-state index contributed by atoms with van der Waals surface area (Å²) in [6.07, 6.45) is 1.50. The topological polar surface area (TPSA) is 88.1 Å². The van der Waals surface area contributed by atoms with Crippen molar-refractivity contribution in [3.63, 3.8) is 0 Å². The lowest BCUT2D eigenvalue weighted by Gasteiger charge is -2.20. The van der Waals surface area contributed by atoms with Crippen LogP contribution in [0.15, 0.2) is 0 Å². The van der Waals surface area contributed by atoms with E-state index in [-0.39, 0.29) is 24.5 Å². The number of carbonyl (C=O) groups excluding carboxylic acids is 1. The molecule has 1 aliphatic heterocycles. The first-order chi connectivity index (χ1) is 9.56. The van der Waals surface area contributed by atoms with Crippen LogP contribution >= 0.6 is 0 Å². The average molecular weight is 288 g/mol. The molecule has 0 aromatic rings. The molecule has 1 saturated heterocycles. The van der Waals surface area contributed by atoms with Crippen molar-refractivity contribution in [3.8, 4) is 0 Å². The number of carboxylic acids is 1. The molecule has 2 atom stereocenters. The number of carbonyl (C=O) groups is 2. The zero-order valence-electron chi connectivity index (χ0n) is 12.1. The van der Waals surface area contributed by atoms with Crippen LogP contribution in [0, 0.1) is 5.92 Å². The van der Waals surface area contributed by atoms with E-state index >= 15 is 0 Å². The smallest absolute Gasteiger partial charge is 0.317 e. The van der Waals surface area contributed by atoms with Crippen molar-refractivity contribution in [3.05, 3.63) is 0 Å². The van der Waals surface area contributed by atoms with Gasteiger partial charge in [-0.3, -0.25) is 4.79 Å². The van der Waals surface area contributed by atoms with E-state index in [2.05, 4.69) is 5.32 Å². The lowest BCUT2D eigenvalue weighted by molar-refractivity contribution is -0.137. The van der Waals surface area contributed by atoms with Crippen LogP contribution in [0.5, 0.6) is 0 Å². The van der Waals surface area contributed by atoms with Gasteiger partial charge in [0.1, 0.15) is 0 Å². The number of methoxy groups -OCH3 is 2. The minimum absolute atomic E-state index is 0.124. The van der Waals surface area contributed by atoms with Gasteiger partial charge in [0.15, 0.2) is 0 Å². The summed E-state index contributed by atoms with van der Waals surface area (Å²) in [6.45, 7) is 2.14. The normalized spacial score (nSPS) is 19.9. The summed E-state index contributed by atoms with van der Waals surface area (Å²) in [5, 5.41) is 11.5. The maximum absolute atomic E-state index is 12.0. The molecule has 2 N–H and O–H groups in total. The second-order valence-electron chi connectivity index (χ2n) is 5.03. The number of rotatable bonds is 8. The zero-order chi connectivity index (χ0) is 15.0. The van der Waals surface area contributed by atoms with Gasteiger partial charge in [0.2, 0.25) is 0 Å². The minimum Gasteiger partial charge on any atom is -0.481 e. The maximum atomic E-state index is 12.0. The number of aliphatic carboxylic acids is 1. The fraction of sp³-hybridized carbons (Fsp3) is 0.846. The summed E-state index contributed by atoms with van der Waals surface area (Å²) < 4.78 is 10.1. The van der Waals surface area contributed by atoms with Crippen molar-refractivity contribution < 1.29 is 24.2 Å². The molecule has 1 heterocycles. The minimum atomic E-state index is -0.782. The van der Waals surface area contributed by atoms with Gasteiger partial charge in [-0.2, -0.15) is 0 Å². The molecule has 7 heteroatoms. The van der Waals surface area contributed by atoms with E-state index < -0.39 is 5.97 Å². The second kappa shape index (κ2) is 8.76. The Kier molecular flexibility index (Phi) is 7.32. The van der Waals surface area contributed by atoms with Crippen LogP contribution in [0.3, 0.4) is 0 Å². The Bertz CT molecular complexity index is 324. The van der Waals surface area contributed by atoms with Crippen LogP contribution in [0.2, 0.25) is 0 Å². The summed E-state index contributed by atoms with van der Waals surface area (Å²) in [7, 11) is 3.16. The van der Waals surface area contributed by atoms with E-state index in [1.165, 1.54) is 0 Å². The quantitative estimate of drug-likeness (QED) is 0.681. The predicted octanol–water partition coefficient (Wildman–Crippen LogP) is 0.544. The summed E-state index contributed by atoms with van der Waals surface area (Å²) in [6, 6.07) is -0.124. The zero-order valence-corrected chi connectivity index (χ0v) is 12.1. The highest BCUT2D eigenvalue weighted by molar-refractivity contribution is 5.74. The van der Waals surface area contributed by atoms with Crippen molar-refractivity contribution >= 4 is 12.0 Å². The third kappa shape index (κ3) is 5.75. The Morgan fingerprint density at radius 3 is 2.80 bits per heavy atom. The third-order valence-corrected chi connectivity index (χ3v) is 3.51. The Balaban J connectivity index is 2.26. The number of urea groups is 1. The van der Waals surface area contributed by atoms with E-state index in [4.69, 9.17) is 14.6 Å². The monoisotopic (exact) mass is 288 g/mol. The summed E-state index contributed by atoms with van der Waals surface area (Å²) in [4.78, 5) is 24.2. The molecular weight excluding hydrogens is 264 g/mol. The number of nitrogens with zero attached hydrogens (tertiary/aromatic N) is 1. The number of likely N-dealkylation sites (tertiary alicyclic amines) is 1. The molecule has 2 amide bonds. The van der Waals surface area contributed by atoms with Crippen molar-refractivity contribution in [2.24, 2.45) is 5.92 Å². The van der Waals surface area contributed by atoms with Crippen LogP contribution in [0.4, 0.5) is 4.79 Å². The highest BCUT2D eigenvalue weighted by Gasteiger charge is 2.26.